The lowest BCUT2D eigenvalue weighted by Gasteiger charge is -2.11. The molecule has 112 valence electrons. The van der Waals surface area contributed by atoms with Gasteiger partial charge in [-0.25, -0.2) is 9.78 Å². The van der Waals surface area contributed by atoms with Crippen LogP contribution in [-0.4, -0.2) is 27.0 Å². The molecule has 1 heterocycles. The van der Waals surface area contributed by atoms with Gasteiger partial charge in [0.25, 0.3) is 0 Å². The van der Waals surface area contributed by atoms with E-state index in [-0.39, 0.29) is 11.4 Å². The molecule has 21 heavy (non-hydrogen) atoms. The Morgan fingerprint density at radius 2 is 1.81 bits per heavy atom. The fourth-order valence-electron chi connectivity index (χ4n) is 2.03. The number of nitrogens with zero attached hydrogens (tertiary/aromatic N) is 2. The van der Waals surface area contributed by atoms with Crippen LogP contribution in [0.3, 0.4) is 0 Å². The second-order valence-electron chi connectivity index (χ2n) is 4.28. The summed E-state index contributed by atoms with van der Waals surface area (Å²) < 4.78 is 41.4. The summed E-state index contributed by atoms with van der Waals surface area (Å²) in [5, 5.41) is 9.19. The highest BCUT2D eigenvalue weighted by atomic mass is 19.4. The molecule has 1 aromatic heterocycles. The average molecular weight is 300 g/mol. The van der Waals surface area contributed by atoms with E-state index in [0.29, 0.717) is 17.2 Å². The molecule has 0 atom stereocenters. The Morgan fingerprint density at radius 3 is 2.29 bits per heavy atom. The van der Waals surface area contributed by atoms with Crippen LogP contribution in [0.15, 0.2) is 24.3 Å². The fraction of sp³-hybridized carbons (Fsp3) is 0.231. The SMILES string of the molecule is Cc1nc(C)n(-c2ccc(OC(F)(F)F)cc2)c1C(=O)O. The van der Waals surface area contributed by atoms with Gasteiger partial charge < -0.3 is 9.84 Å². The van der Waals surface area contributed by atoms with Gasteiger partial charge in [-0.15, -0.1) is 13.2 Å². The number of benzene rings is 1. The molecule has 0 aliphatic heterocycles. The van der Waals surface area contributed by atoms with E-state index in [1.807, 2.05) is 0 Å². The van der Waals surface area contributed by atoms with Gasteiger partial charge in [0.2, 0.25) is 0 Å². The topological polar surface area (TPSA) is 64.4 Å². The number of ether oxygens (including phenoxy) is 1. The van der Waals surface area contributed by atoms with Crippen molar-refractivity contribution in [1.82, 2.24) is 9.55 Å². The van der Waals surface area contributed by atoms with Crippen molar-refractivity contribution in [2.24, 2.45) is 0 Å². The van der Waals surface area contributed by atoms with Crippen LogP contribution < -0.4 is 4.74 Å². The minimum atomic E-state index is -4.77. The second kappa shape index (κ2) is 5.12. The standard InChI is InChI=1S/C13H11F3N2O3/c1-7-11(12(19)20)18(8(2)17-7)9-3-5-10(6-4-9)21-13(14,15)16/h3-6H,1-2H3,(H,19,20). The predicted octanol–water partition coefficient (Wildman–Crippen LogP) is 3.09. The number of carboxylic acid groups (broad SMARTS) is 1. The summed E-state index contributed by atoms with van der Waals surface area (Å²) in [5.74, 6) is -1.12. The lowest BCUT2D eigenvalue weighted by Crippen LogP contribution is -2.17. The first-order chi connectivity index (χ1) is 9.69. The molecule has 0 aliphatic rings. The maximum Gasteiger partial charge on any atom is 0.573 e. The first-order valence-electron chi connectivity index (χ1n) is 5.84. The van der Waals surface area contributed by atoms with Crippen molar-refractivity contribution < 1.29 is 27.8 Å². The molecule has 2 aromatic rings. The van der Waals surface area contributed by atoms with Crippen LogP contribution >= 0.6 is 0 Å². The molecule has 0 spiro atoms. The molecule has 2 rings (SSSR count). The Balaban J connectivity index is 2.42. The summed E-state index contributed by atoms with van der Waals surface area (Å²) in [6, 6.07) is 4.90. The smallest absolute Gasteiger partial charge is 0.477 e. The van der Waals surface area contributed by atoms with Crippen LogP contribution in [0.25, 0.3) is 5.69 Å². The van der Waals surface area contributed by atoms with Crippen molar-refractivity contribution in [2.45, 2.75) is 20.2 Å². The highest BCUT2D eigenvalue weighted by molar-refractivity contribution is 5.88. The van der Waals surface area contributed by atoms with Crippen molar-refractivity contribution >= 4 is 5.97 Å². The largest absolute Gasteiger partial charge is 0.573 e. The minimum Gasteiger partial charge on any atom is -0.477 e. The van der Waals surface area contributed by atoms with E-state index in [0.717, 1.165) is 12.1 Å². The molecule has 0 saturated heterocycles. The number of halogens is 3. The molecule has 0 saturated carbocycles. The number of alkyl halides is 3. The highest BCUT2D eigenvalue weighted by Crippen LogP contribution is 2.25. The number of aromatic nitrogens is 2. The lowest BCUT2D eigenvalue weighted by molar-refractivity contribution is -0.274. The summed E-state index contributed by atoms with van der Waals surface area (Å²) in [6.07, 6.45) is -4.77. The van der Waals surface area contributed by atoms with E-state index < -0.39 is 12.3 Å². The number of carbonyl (C=O) groups is 1. The van der Waals surface area contributed by atoms with E-state index in [1.54, 1.807) is 13.8 Å². The molecular formula is C13H11F3N2O3. The van der Waals surface area contributed by atoms with Crippen molar-refractivity contribution in [3.63, 3.8) is 0 Å². The van der Waals surface area contributed by atoms with E-state index in [4.69, 9.17) is 0 Å². The third-order valence-electron chi connectivity index (χ3n) is 2.75. The number of rotatable bonds is 3. The monoisotopic (exact) mass is 300 g/mol. The van der Waals surface area contributed by atoms with Crippen LogP contribution in [0.5, 0.6) is 5.75 Å². The van der Waals surface area contributed by atoms with Gasteiger partial charge in [0, 0.05) is 5.69 Å². The number of aryl methyl sites for hydroxylation is 2. The molecule has 1 N–H and O–H groups in total. The quantitative estimate of drug-likeness (QED) is 0.946. The van der Waals surface area contributed by atoms with E-state index in [9.17, 15) is 23.1 Å². The van der Waals surface area contributed by atoms with Crippen molar-refractivity contribution in [3.8, 4) is 11.4 Å². The third-order valence-corrected chi connectivity index (χ3v) is 2.75. The Morgan fingerprint density at radius 1 is 1.24 bits per heavy atom. The van der Waals surface area contributed by atoms with E-state index in [1.165, 1.54) is 16.7 Å². The first-order valence-corrected chi connectivity index (χ1v) is 5.84. The van der Waals surface area contributed by atoms with Crippen LogP contribution in [0.1, 0.15) is 22.0 Å². The Labute approximate surface area is 117 Å². The number of aromatic carboxylic acids is 1. The van der Waals surface area contributed by atoms with Crippen molar-refractivity contribution in [3.05, 3.63) is 41.5 Å². The summed E-state index contributed by atoms with van der Waals surface area (Å²) in [7, 11) is 0. The van der Waals surface area contributed by atoms with Gasteiger partial charge in [-0.05, 0) is 38.1 Å². The fourth-order valence-corrected chi connectivity index (χ4v) is 2.03. The van der Waals surface area contributed by atoms with Gasteiger partial charge >= 0.3 is 12.3 Å². The Kier molecular flexibility index (Phi) is 3.63. The second-order valence-corrected chi connectivity index (χ2v) is 4.28. The molecule has 1 aromatic carbocycles. The van der Waals surface area contributed by atoms with Gasteiger partial charge in [-0.1, -0.05) is 0 Å². The summed E-state index contributed by atoms with van der Waals surface area (Å²) >= 11 is 0. The van der Waals surface area contributed by atoms with Crippen LogP contribution in [0.2, 0.25) is 0 Å². The normalized spacial score (nSPS) is 11.5. The van der Waals surface area contributed by atoms with Gasteiger partial charge in [0.05, 0.1) is 5.69 Å². The molecule has 5 nitrogen and oxygen atoms in total. The molecule has 0 unspecified atom stereocenters. The van der Waals surface area contributed by atoms with Gasteiger partial charge in [0.15, 0.2) is 5.69 Å². The zero-order valence-corrected chi connectivity index (χ0v) is 11.1. The van der Waals surface area contributed by atoms with Gasteiger partial charge in [0.1, 0.15) is 11.6 Å². The summed E-state index contributed by atoms with van der Waals surface area (Å²) in [4.78, 5) is 15.3. The van der Waals surface area contributed by atoms with Crippen LogP contribution in [-0.2, 0) is 0 Å². The molecule has 0 bridgehead atoms. The molecule has 8 heteroatoms. The van der Waals surface area contributed by atoms with E-state index in [2.05, 4.69) is 9.72 Å². The first kappa shape index (κ1) is 14.9. The van der Waals surface area contributed by atoms with Gasteiger partial charge in [-0.2, -0.15) is 0 Å². The number of imidazole rings is 1. The maximum absolute atomic E-state index is 12.1. The molecule has 0 radical (unpaired) electrons. The van der Waals surface area contributed by atoms with Crippen molar-refractivity contribution in [2.75, 3.05) is 0 Å². The van der Waals surface area contributed by atoms with Crippen LogP contribution in [0, 0.1) is 13.8 Å². The van der Waals surface area contributed by atoms with E-state index >= 15 is 0 Å². The van der Waals surface area contributed by atoms with Crippen molar-refractivity contribution in [1.29, 1.82) is 0 Å². The Hall–Kier alpha value is -2.51. The average Bonchev–Trinajstić information content (AvgIpc) is 2.63. The van der Waals surface area contributed by atoms with Crippen LogP contribution in [0.4, 0.5) is 13.2 Å². The number of hydrogen-bond donors (Lipinski definition) is 1. The number of carboxylic acids is 1. The number of hydrogen-bond acceptors (Lipinski definition) is 3. The predicted molar refractivity (Wildman–Crippen MR) is 66.7 cm³/mol. The highest BCUT2D eigenvalue weighted by Gasteiger charge is 2.31. The summed E-state index contributed by atoms with van der Waals surface area (Å²) in [5.41, 5.74) is 0.688. The Bertz CT molecular complexity index is 675. The molecular weight excluding hydrogens is 289 g/mol. The third kappa shape index (κ3) is 3.15. The minimum absolute atomic E-state index is 0.0306. The molecule has 0 fully saturated rings. The summed E-state index contributed by atoms with van der Waals surface area (Å²) in [6.45, 7) is 3.16. The van der Waals surface area contributed by atoms with Gasteiger partial charge in [-0.3, -0.25) is 4.57 Å². The maximum atomic E-state index is 12.1. The molecule has 0 amide bonds. The zero-order valence-electron chi connectivity index (χ0n) is 11.1. The lowest BCUT2D eigenvalue weighted by atomic mass is 10.2. The molecule has 0 aliphatic carbocycles. The zero-order chi connectivity index (χ0) is 15.8.